The summed E-state index contributed by atoms with van der Waals surface area (Å²) in [5.74, 6) is -49.9. The Morgan fingerprint density at radius 1 is 0.389 bits per heavy atom. The van der Waals surface area contributed by atoms with E-state index in [1.807, 2.05) is 41.5 Å². The summed E-state index contributed by atoms with van der Waals surface area (Å²) < 4.78 is 231. The van der Waals surface area contributed by atoms with Gasteiger partial charge in [-0.15, -0.1) is 10.1 Å². The zero-order valence-electron chi connectivity index (χ0n) is 28.7. The Hall–Kier alpha value is -3.50. The first-order valence-electron chi connectivity index (χ1n) is 15.0. The predicted molar refractivity (Wildman–Crippen MR) is 158 cm³/mol. The molecule has 0 atom stereocenters. The van der Waals surface area contributed by atoms with Crippen molar-refractivity contribution in [3.8, 4) is 0 Å². The van der Waals surface area contributed by atoms with Crippen LogP contribution in [0.2, 0.25) is 0 Å². The van der Waals surface area contributed by atoms with Crippen molar-refractivity contribution in [2.45, 2.75) is 41.5 Å². The third-order valence-corrected chi connectivity index (χ3v) is 6.42. The van der Waals surface area contributed by atoms with Crippen LogP contribution in [0.4, 0.5) is 65.9 Å². The molecule has 0 N–H and O–H groups in total. The van der Waals surface area contributed by atoms with Gasteiger partial charge in [0.2, 0.25) is 5.09 Å². The molecule has 310 valence electrons. The molecule has 0 amide bonds. The fourth-order valence-electron chi connectivity index (χ4n) is 4.27. The summed E-state index contributed by atoms with van der Waals surface area (Å²) in [6.07, 6.45) is -6.65. The fourth-order valence-corrected chi connectivity index (χ4v) is 4.27. The zero-order valence-corrected chi connectivity index (χ0v) is 30.2. The van der Waals surface area contributed by atoms with E-state index in [0.29, 0.717) is 0 Å². The van der Waals surface area contributed by atoms with Crippen LogP contribution in [0, 0.1) is 97.4 Å². The SMILES string of the molecule is CCOCC.CCOCC.CCOCC.O=[N+]([O-])O[B-](c1c(F)c(F)c(F)c(F)c1F)(c1c(F)c(F)c(F)c(F)c1F)c1c(F)c(F)c(F)c(F)c1F.[Ag+]. The van der Waals surface area contributed by atoms with E-state index in [4.69, 9.17) is 14.2 Å². The number of nitrogens with zero attached hydrogens (tertiary/aromatic N) is 1. The molecule has 0 saturated heterocycles. The van der Waals surface area contributed by atoms with E-state index in [9.17, 15) is 76.0 Å². The van der Waals surface area contributed by atoms with Crippen LogP contribution in [-0.2, 0) is 41.3 Å². The Morgan fingerprint density at radius 3 is 0.648 bits per heavy atom. The minimum atomic E-state index is -6.65. The van der Waals surface area contributed by atoms with Crippen molar-refractivity contribution in [3.63, 3.8) is 0 Å². The number of rotatable bonds is 11. The molecule has 0 aromatic heterocycles. The van der Waals surface area contributed by atoms with Crippen molar-refractivity contribution >= 4 is 22.7 Å². The molecule has 0 heterocycles. The first kappa shape index (κ1) is 52.6. The monoisotopic (exact) mass is 903 g/mol. The van der Waals surface area contributed by atoms with Crippen LogP contribution in [0.15, 0.2) is 0 Å². The Kier molecular flexibility index (Phi) is 23.5. The van der Waals surface area contributed by atoms with E-state index in [2.05, 4.69) is 4.76 Å². The molecule has 54 heavy (non-hydrogen) atoms. The molecule has 24 heteroatoms. The van der Waals surface area contributed by atoms with Crippen molar-refractivity contribution in [2.75, 3.05) is 39.6 Å². The van der Waals surface area contributed by atoms with Gasteiger partial charge in [0, 0.05) is 39.6 Å². The first-order valence-corrected chi connectivity index (χ1v) is 15.0. The van der Waals surface area contributed by atoms with Crippen LogP contribution in [0.5, 0.6) is 0 Å². The Labute approximate surface area is 313 Å². The second-order valence-electron chi connectivity index (χ2n) is 9.41. The van der Waals surface area contributed by atoms with Crippen molar-refractivity contribution in [2.24, 2.45) is 0 Å². The van der Waals surface area contributed by atoms with Gasteiger partial charge < -0.3 is 19.0 Å². The summed E-state index contributed by atoms with van der Waals surface area (Å²) in [6.45, 7) is 17.0. The number of benzene rings is 3. The van der Waals surface area contributed by atoms with Crippen LogP contribution in [0.1, 0.15) is 41.5 Å². The topological polar surface area (TPSA) is 80.1 Å². The van der Waals surface area contributed by atoms with Crippen molar-refractivity contribution < 1.29 is 112 Å². The molecule has 0 radical (unpaired) electrons. The third-order valence-electron chi connectivity index (χ3n) is 6.42. The summed E-state index contributed by atoms with van der Waals surface area (Å²) in [7, 11) is 0. The molecule has 0 aliphatic heterocycles. The van der Waals surface area contributed by atoms with Gasteiger partial charge in [-0.1, -0.05) is 16.4 Å². The number of hydrogen-bond donors (Lipinski definition) is 0. The predicted octanol–water partition coefficient (Wildman–Crippen LogP) is 7.07. The van der Waals surface area contributed by atoms with E-state index >= 15 is 0 Å². The average molecular weight is 904 g/mol. The van der Waals surface area contributed by atoms with Gasteiger partial charge in [-0.05, 0) is 41.5 Å². The molecule has 3 aromatic rings. The van der Waals surface area contributed by atoms with Gasteiger partial charge in [-0.25, -0.2) is 65.9 Å². The maximum atomic E-state index is 14.8. The third kappa shape index (κ3) is 11.5. The zero-order chi connectivity index (χ0) is 41.5. The molecule has 3 aromatic carbocycles. The fraction of sp³-hybridized carbons (Fsp3) is 0.400. The molecule has 0 fully saturated rings. The molecule has 0 spiro atoms. The van der Waals surface area contributed by atoms with Crippen LogP contribution in [-0.4, -0.2) is 51.1 Å². The van der Waals surface area contributed by atoms with E-state index in [-0.39, 0.29) is 22.4 Å². The molecular formula is C30H30AgBF15NO6. The van der Waals surface area contributed by atoms with Gasteiger partial charge in [0.05, 0.1) is 0 Å². The molecule has 0 aliphatic carbocycles. The van der Waals surface area contributed by atoms with Gasteiger partial charge in [0.25, 0.3) is 6.35 Å². The minimum absolute atomic E-state index is 0. The maximum absolute atomic E-state index is 14.8. The first-order chi connectivity index (χ1) is 24.7. The van der Waals surface area contributed by atoms with Gasteiger partial charge in [-0.2, -0.15) is 0 Å². The molecule has 0 unspecified atom stereocenters. The molecular weight excluding hydrogens is 874 g/mol. The number of ether oxygens (including phenoxy) is 3. The van der Waals surface area contributed by atoms with Crippen LogP contribution >= 0.6 is 0 Å². The van der Waals surface area contributed by atoms with E-state index in [1.165, 1.54) is 0 Å². The quantitative estimate of drug-likeness (QED) is 0.0512. The summed E-state index contributed by atoms with van der Waals surface area (Å²) in [5, 5.41) is 8.63. The van der Waals surface area contributed by atoms with Gasteiger partial charge >= 0.3 is 22.4 Å². The van der Waals surface area contributed by atoms with Gasteiger partial charge in [-0.3, -0.25) is 0 Å². The van der Waals surface area contributed by atoms with Crippen LogP contribution < -0.4 is 16.4 Å². The molecule has 0 aliphatic rings. The van der Waals surface area contributed by atoms with Gasteiger partial charge in [0.1, 0.15) is 34.9 Å². The molecule has 7 nitrogen and oxygen atoms in total. The van der Waals surface area contributed by atoms with E-state index in [1.54, 1.807) is 0 Å². The van der Waals surface area contributed by atoms with E-state index < -0.39 is 115 Å². The summed E-state index contributed by atoms with van der Waals surface area (Å²) in [6, 6.07) is 0. The Morgan fingerprint density at radius 2 is 0.537 bits per heavy atom. The second kappa shape index (κ2) is 24.1. The second-order valence-corrected chi connectivity index (χ2v) is 9.41. The molecule has 0 bridgehead atoms. The summed E-state index contributed by atoms with van der Waals surface area (Å²) >= 11 is 0. The van der Waals surface area contributed by atoms with Crippen molar-refractivity contribution in [1.29, 1.82) is 0 Å². The van der Waals surface area contributed by atoms with Crippen molar-refractivity contribution in [1.82, 2.24) is 0 Å². The van der Waals surface area contributed by atoms with Gasteiger partial charge in [0.15, 0.2) is 52.4 Å². The molecule has 3 rings (SSSR count). The Bertz CT molecular complexity index is 1450. The summed E-state index contributed by atoms with van der Waals surface area (Å²) in [4.78, 5) is 11.2. The molecule has 0 saturated carbocycles. The normalized spacial score (nSPS) is 10.6. The Balaban J connectivity index is 0. The number of hydrogen-bond acceptors (Lipinski definition) is 6. The standard InChI is InChI=1S/C18BF15NO3.3C4H10O.Ag/c20-4-1(5(21)11(27)16(32)10(4)26)19(38-35(36)37,2-6(22)12(28)17(33)13(29)7(2)23)3-8(24)14(30)18(34)15(31)9(3)25;3*1-3-5-4-2;/h;3*3-4H2,1-2H3;/q-1;;;;+1. The van der Waals surface area contributed by atoms with Crippen LogP contribution in [0.25, 0.3) is 0 Å². The smallest absolute Gasteiger partial charge is 0.510 e. The number of halogens is 15. The largest absolute Gasteiger partial charge is 1.00 e. The minimum Gasteiger partial charge on any atom is -0.510 e. The maximum Gasteiger partial charge on any atom is 1.00 e. The summed E-state index contributed by atoms with van der Waals surface area (Å²) in [5.41, 5.74) is -9.74. The van der Waals surface area contributed by atoms with E-state index in [0.717, 1.165) is 39.6 Å². The van der Waals surface area contributed by atoms with Crippen molar-refractivity contribution in [3.05, 3.63) is 97.4 Å². The van der Waals surface area contributed by atoms with Crippen LogP contribution in [0.3, 0.4) is 0 Å². The average Bonchev–Trinajstić information content (AvgIpc) is 3.11.